The van der Waals surface area contributed by atoms with Crippen LogP contribution in [0, 0.1) is 26.7 Å². The Morgan fingerprint density at radius 3 is 2.85 bits per heavy atom. The van der Waals surface area contributed by atoms with Crippen molar-refractivity contribution >= 4 is 0 Å². The number of likely N-dealkylation sites (tertiary alicyclic amines) is 1. The number of aromatic nitrogens is 3. The van der Waals surface area contributed by atoms with E-state index >= 15 is 0 Å². The van der Waals surface area contributed by atoms with Crippen molar-refractivity contribution < 1.29 is 9.63 Å². The molecule has 27 heavy (non-hydrogen) atoms. The van der Waals surface area contributed by atoms with E-state index in [1.807, 2.05) is 19.2 Å². The Labute approximate surface area is 159 Å². The molecule has 0 amide bonds. The number of H-pyrrole nitrogens is 1. The largest absolute Gasteiger partial charge is 0.391 e. The van der Waals surface area contributed by atoms with Gasteiger partial charge >= 0.3 is 0 Å². The van der Waals surface area contributed by atoms with Gasteiger partial charge in [-0.25, -0.2) is 0 Å². The minimum Gasteiger partial charge on any atom is -0.391 e. The summed E-state index contributed by atoms with van der Waals surface area (Å²) in [5, 5.41) is 21.9. The summed E-state index contributed by atoms with van der Waals surface area (Å²) in [6.07, 6.45) is 2.26. The van der Waals surface area contributed by atoms with Gasteiger partial charge in [0.15, 0.2) is 0 Å². The number of aliphatic hydroxyl groups excluding tert-OH is 1. The van der Waals surface area contributed by atoms with E-state index in [4.69, 9.17) is 4.52 Å². The maximum Gasteiger partial charge on any atom is 0.137 e. The number of aliphatic hydroxyl groups is 1. The Morgan fingerprint density at radius 2 is 2.07 bits per heavy atom. The molecular formula is C21H26N4O2. The average Bonchev–Trinajstić information content (AvgIpc) is 3.33. The van der Waals surface area contributed by atoms with Crippen molar-refractivity contribution in [3.8, 4) is 11.3 Å². The van der Waals surface area contributed by atoms with Crippen LogP contribution in [0.1, 0.15) is 28.1 Å². The zero-order valence-corrected chi connectivity index (χ0v) is 16.1. The van der Waals surface area contributed by atoms with Crippen LogP contribution in [0.3, 0.4) is 0 Å². The molecule has 3 heterocycles. The van der Waals surface area contributed by atoms with Crippen molar-refractivity contribution in [2.45, 2.75) is 39.8 Å². The van der Waals surface area contributed by atoms with E-state index < -0.39 is 0 Å². The molecule has 0 spiro atoms. The zero-order valence-electron chi connectivity index (χ0n) is 16.1. The summed E-state index contributed by atoms with van der Waals surface area (Å²) in [7, 11) is 0. The number of rotatable bonds is 5. The van der Waals surface area contributed by atoms with Crippen molar-refractivity contribution in [1.82, 2.24) is 20.3 Å². The van der Waals surface area contributed by atoms with Gasteiger partial charge < -0.3 is 9.63 Å². The highest BCUT2D eigenvalue weighted by Gasteiger charge is 2.32. The van der Waals surface area contributed by atoms with E-state index in [2.05, 4.69) is 52.3 Å². The fraction of sp³-hybridized carbons (Fsp3) is 0.429. The third-order valence-electron chi connectivity index (χ3n) is 5.40. The van der Waals surface area contributed by atoms with E-state index in [1.165, 1.54) is 16.7 Å². The fourth-order valence-electron chi connectivity index (χ4n) is 3.95. The van der Waals surface area contributed by atoms with Crippen molar-refractivity contribution in [3.05, 3.63) is 58.6 Å². The molecule has 6 nitrogen and oxygen atoms in total. The second-order valence-electron chi connectivity index (χ2n) is 7.75. The molecule has 1 aliphatic rings. The smallest absolute Gasteiger partial charge is 0.137 e. The maximum atomic E-state index is 10.5. The fourth-order valence-corrected chi connectivity index (χ4v) is 3.95. The molecule has 0 aliphatic carbocycles. The van der Waals surface area contributed by atoms with E-state index in [-0.39, 0.29) is 12.0 Å². The van der Waals surface area contributed by atoms with Crippen molar-refractivity contribution in [3.63, 3.8) is 0 Å². The predicted molar refractivity (Wildman–Crippen MR) is 103 cm³/mol. The van der Waals surface area contributed by atoms with Crippen LogP contribution in [0.25, 0.3) is 11.3 Å². The third-order valence-corrected chi connectivity index (χ3v) is 5.40. The van der Waals surface area contributed by atoms with E-state index in [1.54, 1.807) is 0 Å². The first-order chi connectivity index (χ1) is 13.0. The summed E-state index contributed by atoms with van der Waals surface area (Å²) in [6.45, 7) is 8.40. The van der Waals surface area contributed by atoms with Crippen LogP contribution in [0.4, 0.5) is 0 Å². The lowest BCUT2D eigenvalue weighted by Gasteiger charge is -2.16. The van der Waals surface area contributed by atoms with Crippen LogP contribution >= 0.6 is 0 Å². The quantitative estimate of drug-likeness (QED) is 0.726. The number of hydrogen-bond acceptors (Lipinski definition) is 5. The lowest BCUT2D eigenvalue weighted by Crippen LogP contribution is -2.21. The van der Waals surface area contributed by atoms with Gasteiger partial charge in [-0.05, 0) is 32.4 Å². The van der Waals surface area contributed by atoms with Crippen molar-refractivity contribution in [2.75, 3.05) is 13.1 Å². The van der Waals surface area contributed by atoms with Gasteiger partial charge in [0.25, 0.3) is 0 Å². The number of aryl methyl sites for hydroxylation is 3. The van der Waals surface area contributed by atoms with Crippen LogP contribution in [-0.4, -0.2) is 44.6 Å². The molecule has 0 bridgehead atoms. The molecule has 3 aromatic rings. The Kier molecular flexibility index (Phi) is 4.85. The van der Waals surface area contributed by atoms with Crippen LogP contribution in [0.15, 0.2) is 35.0 Å². The molecule has 4 rings (SSSR count). The molecule has 6 heteroatoms. The Bertz CT molecular complexity index is 930. The number of nitrogens with zero attached hydrogens (tertiary/aromatic N) is 3. The molecular weight excluding hydrogens is 340 g/mol. The van der Waals surface area contributed by atoms with Gasteiger partial charge in [0.2, 0.25) is 0 Å². The highest BCUT2D eigenvalue weighted by molar-refractivity contribution is 5.67. The molecule has 0 unspecified atom stereocenters. The Morgan fingerprint density at radius 1 is 1.22 bits per heavy atom. The third kappa shape index (κ3) is 3.82. The lowest BCUT2D eigenvalue weighted by molar-refractivity contribution is 0.137. The summed E-state index contributed by atoms with van der Waals surface area (Å²) in [5.74, 6) is 1.01. The van der Waals surface area contributed by atoms with Crippen molar-refractivity contribution in [2.24, 2.45) is 5.92 Å². The zero-order chi connectivity index (χ0) is 19.0. The van der Waals surface area contributed by atoms with Gasteiger partial charge in [0.1, 0.15) is 5.76 Å². The maximum absolute atomic E-state index is 10.5. The molecule has 1 saturated heterocycles. The van der Waals surface area contributed by atoms with Gasteiger partial charge in [-0.3, -0.25) is 10.00 Å². The number of benzene rings is 1. The van der Waals surface area contributed by atoms with E-state index in [9.17, 15) is 5.11 Å². The van der Waals surface area contributed by atoms with Crippen LogP contribution < -0.4 is 0 Å². The SMILES string of the molecule is Cc1ccc(C)c(-c2[nH]ncc2CN2C[C@@H](Cc3cc(C)no3)[C@H](O)C2)c1. The molecule has 1 aromatic carbocycles. The molecule has 1 fully saturated rings. The number of aromatic amines is 1. The molecule has 0 saturated carbocycles. The highest BCUT2D eigenvalue weighted by atomic mass is 16.5. The summed E-state index contributed by atoms with van der Waals surface area (Å²) in [5.41, 5.74) is 6.76. The van der Waals surface area contributed by atoms with Crippen LogP contribution in [0.2, 0.25) is 0 Å². The molecule has 142 valence electrons. The summed E-state index contributed by atoms with van der Waals surface area (Å²) < 4.78 is 5.32. The number of β-amino-alcohol motifs (C(OH)–C–C–N with tert-alkyl or cyclic N) is 1. The lowest BCUT2D eigenvalue weighted by atomic mass is 10.00. The molecule has 2 atom stereocenters. The second-order valence-corrected chi connectivity index (χ2v) is 7.75. The minimum absolute atomic E-state index is 0.161. The first-order valence-corrected chi connectivity index (χ1v) is 9.42. The first kappa shape index (κ1) is 17.9. The summed E-state index contributed by atoms with van der Waals surface area (Å²) in [6, 6.07) is 8.41. The van der Waals surface area contributed by atoms with Crippen LogP contribution in [0.5, 0.6) is 0 Å². The number of hydrogen-bond donors (Lipinski definition) is 2. The Hall–Kier alpha value is -2.44. The van der Waals surface area contributed by atoms with Crippen molar-refractivity contribution in [1.29, 1.82) is 0 Å². The average molecular weight is 366 g/mol. The minimum atomic E-state index is -0.355. The van der Waals surface area contributed by atoms with Gasteiger partial charge in [0.05, 0.1) is 23.7 Å². The van der Waals surface area contributed by atoms with Gasteiger partial charge in [-0.2, -0.15) is 5.10 Å². The second kappa shape index (κ2) is 7.29. The summed E-state index contributed by atoms with van der Waals surface area (Å²) >= 11 is 0. The predicted octanol–water partition coefficient (Wildman–Crippen LogP) is 3.03. The molecule has 0 radical (unpaired) electrons. The molecule has 1 aliphatic heterocycles. The molecule has 2 aromatic heterocycles. The molecule has 2 N–H and O–H groups in total. The van der Waals surface area contributed by atoms with Gasteiger partial charge in [-0.1, -0.05) is 22.9 Å². The van der Waals surface area contributed by atoms with E-state index in [0.29, 0.717) is 13.0 Å². The van der Waals surface area contributed by atoms with Crippen LogP contribution in [-0.2, 0) is 13.0 Å². The first-order valence-electron chi connectivity index (χ1n) is 9.42. The summed E-state index contributed by atoms with van der Waals surface area (Å²) in [4.78, 5) is 2.29. The van der Waals surface area contributed by atoms with Gasteiger partial charge in [0, 0.05) is 49.2 Å². The highest BCUT2D eigenvalue weighted by Crippen LogP contribution is 2.29. The number of nitrogens with one attached hydrogen (secondary N) is 1. The topological polar surface area (TPSA) is 78.2 Å². The normalized spacial score (nSPS) is 20.4. The standard InChI is InChI=1S/C21H26N4O2/c1-13-4-5-14(2)19(6-13)21-17(9-22-23-21)11-25-10-16(20(26)12-25)8-18-7-15(3)24-27-18/h4-7,9,16,20,26H,8,10-12H2,1-3H3,(H,22,23)/t16-,20-/m1/s1. The Balaban J connectivity index is 1.48. The van der Waals surface area contributed by atoms with E-state index in [0.717, 1.165) is 35.8 Å². The van der Waals surface area contributed by atoms with Gasteiger partial charge in [-0.15, -0.1) is 0 Å². The monoisotopic (exact) mass is 366 g/mol.